The summed E-state index contributed by atoms with van der Waals surface area (Å²) >= 11 is 1.58. The van der Waals surface area contributed by atoms with Gasteiger partial charge in [0.15, 0.2) is 0 Å². The van der Waals surface area contributed by atoms with E-state index in [2.05, 4.69) is 20.3 Å². The molecule has 0 bridgehead atoms. The molecule has 1 aromatic carbocycles. The summed E-state index contributed by atoms with van der Waals surface area (Å²) in [5.41, 5.74) is 2.25. The van der Waals surface area contributed by atoms with Gasteiger partial charge in [-0.15, -0.1) is 11.3 Å². The SMILES string of the molecule is O=C(Nc1ccc(-c2nccs2)cc1)c1ccc(-n2ccnc2)nc1. The Morgan fingerprint density at radius 1 is 1.04 bits per heavy atom. The molecule has 3 aromatic heterocycles. The van der Waals surface area contributed by atoms with Crippen molar-refractivity contribution in [3.8, 4) is 16.4 Å². The number of rotatable bonds is 4. The second-order valence-corrected chi connectivity index (χ2v) is 6.14. The van der Waals surface area contributed by atoms with E-state index in [0.29, 0.717) is 11.4 Å². The van der Waals surface area contributed by atoms with Gasteiger partial charge in [-0.1, -0.05) is 0 Å². The van der Waals surface area contributed by atoms with Crippen LogP contribution in [0, 0.1) is 0 Å². The van der Waals surface area contributed by atoms with E-state index in [-0.39, 0.29) is 5.91 Å². The molecule has 1 amide bonds. The first-order valence-corrected chi connectivity index (χ1v) is 8.43. The Balaban J connectivity index is 1.46. The number of aromatic nitrogens is 4. The standard InChI is InChI=1S/C18H13N5OS/c24-17(14-3-6-16(21-11-14)23-9-7-19-12-23)22-15-4-1-13(2-5-15)18-20-8-10-25-18/h1-12H,(H,22,24). The maximum atomic E-state index is 12.3. The van der Waals surface area contributed by atoms with Crippen molar-refractivity contribution in [3.05, 3.63) is 78.5 Å². The molecule has 0 saturated heterocycles. The van der Waals surface area contributed by atoms with Crippen LogP contribution in [0.15, 0.2) is 72.9 Å². The molecule has 0 atom stereocenters. The van der Waals surface area contributed by atoms with Gasteiger partial charge >= 0.3 is 0 Å². The third-order valence-corrected chi connectivity index (χ3v) is 4.42. The summed E-state index contributed by atoms with van der Waals surface area (Å²) in [5.74, 6) is 0.508. The van der Waals surface area contributed by atoms with Crippen LogP contribution < -0.4 is 5.32 Å². The highest BCUT2D eigenvalue weighted by molar-refractivity contribution is 7.13. The smallest absolute Gasteiger partial charge is 0.257 e. The van der Waals surface area contributed by atoms with Gasteiger partial charge in [0, 0.05) is 41.4 Å². The molecule has 0 aliphatic carbocycles. The van der Waals surface area contributed by atoms with Gasteiger partial charge in [0.2, 0.25) is 0 Å². The van der Waals surface area contributed by atoms with Crippen LogP contribution in [0.25, 0.3) is 16.4 Å². The molecule has 7 heteroatoms. The number of hydrogen-bond acceptors (Lipinski definition) is 5. The molecular formula is C18H13N5OS. The van der Waals surface area contributed by atoms with Gasteiger partial charge in [0.25, 0.3) is 5.91 Å². The highest BCUT2D eigenvalue weighted by Crippen LogP contribution is 2.23. The van der Waals surface area contributed by atoms with Crippen LogP contribution in [0.4, 0.5) is 5.69 Å². The predicted molar refractivity (Wildman–Crippen MR) is 96.9 cm³/mol. The van der Waals surface area contributed by atoms with Crippen molar-refractivity contribution in [1.29, 1.82) is 0 Å². The second kappa shape index (κ2) is 6.66. The quantitative estimate of drug-likeness (QED) is 0.612. The lowest BCUT2D eigenvalue weighted by molar-refractivity contribution is 0.102. The molecule has 25 heavy (non-hydrogen) atoms. The van der Waals surface area contributed by atoms with E-state index in [1.807, 2.05) is 29.6 Å². The third-order valence-electron chi connectivity index (χ3n) is 3.60. The average Bonchev–Trinajstić information content (AvgIpc) is 3.36. The molecule has 122 valence electrons. The van der Waals surface area contributed by atoms with Crippen LogP contribution in [-0.2, 0) is 0 Å². The first-order chi connectivity index (χ1) is 12.3. The Kier molecular flexibility index (Phi) is 4.05. The Hall–Kier alpha value is -3.32. The first kappa shape index (κ1) is 15.2. The topological polar surface area (TPSA) is 72.7 Å². The van der Waals surface area contributed by atoms with Gasteiger partial charge in [-0.2, -0.15) is 0 Å². The van der Waals surface area contributed by atoms with Gasteiger partial charge in [-0.05, 0) is 36.4 Å². The molecule has 0 aliphatic rings. The molecule has 0 unspecified atom stereocenters. The normalized spacial score (nSPS) is 10.6. The number of anilines is 1. The van der Waals surface area contributed by atoms with Crippen molar-refractivity contribution in [2.75, 3.05) is 5.32 Å². The summed E-state index contributed by atoms with van der Waals surface area (Å²) in [6.07, 6.45) is 8.46. The van der Waals surface area contributed by atoms with Crippen LogP contribution in [-0.4, -0.2) is 25.4 Å². The Morgan fingerprint density at radius 3 is 2.56 bits per heavy atom. The highest BCUT2D eigenvalue weighted by Gasteiger charge is 2.08. The lowest BCUT2D eigenvalue weighted by Crippen LogP contribution is -2.12. The number of nitrogens with one attached hydrogen (secondary N) is 1. The molecule has 0 radical (unpaired) electrons. The fourth-order valence-corrected chi connectivity index (χ4v) is 2.98. The third kappa shape index (κ3) is 3.31. The monoisotopic (exact) mass is 347 g/mol. The number of pyridine rings is 1. The summed E-state index contributed by atoms with van der Waals surface area (Å²) in [6, 6.07) is 11.1. The van der Waals surface area contributed by atoms with Crippen LogP contribution in [0.1, 0.15) is 10.4 Å². The largest absolute Gasteiger partial charge is 0.322 e. The van der Waals surface area contributed by atoms with Gasteiger partial charge < -0.3 is 5.32 Å². The molecule has 0 saturated carbocycles. The zero-order chi connectivity index (χ0) is 17.1. The first-order valence-electron chi connectivity index (χ1n) is 7.55. The lowest BCUT2D eigenvalue weighted by atomic mass is 10.2. The van der Waals surface area contributed by atoms with Crippen LogP contribution in [0.3, 0.4) is 0 Å². The number of thiazole rings is 1. The zero-order valence-electron chi connectivity index (χ0n) is 13.0. The maximum absolute atomic E-state index is 12.3. The maximum Gasteiger partial charge on any atom is 0.257 e. The van der Waals surface area contributed by atoms with Crippen LogP contribution >= 0.6 is 11.3 Å². The summed E-state index contributed by atoms with van der Waals surface area (Å²) in [6.45, 7) is 0. The van der Waals surface area contributed by atoms with E-state index in [0.717, 1.165) is 16.3 Å². The Labute approximate surface area is 147 Å². The van der Waals surface area contributed by atoms with Crippen molar-refractivity contribution in [2.24, 2.45) is 0 Å². The molecule has 4 rings (SSSR count). The number of nitrogens with zero attached hydrogens (tertiary/aromatic N) is 4. The molecule has 4 aromatic rings. The Bertz CT molecular complexity index is 962. The zero-order valence-corrected chi connectivity index (χ0v) is 13.9. The summed E-state index contributed by atoms with van der Waals surface area (Å²) in [5, 5.41) is 5.76. The summed E-state index contributed by atoms with van der Waals surface area (Å²) < 4.78 is 1.78. The Morgan fingerprint density at radius 2 is 1.92 bits per heavy atom. The number of amides is 1. The molecule has 3 heterocycles. The van der Waals surface area contributed by atoms with E-state index >= 15 is 0 Å². The van der Waals surface area contributed by atoms with Crippen molar-refractivity contribution >= 4 is 22.9 Å². The van der Waals surface area contributed by atoms with Crippen molar-refractivity contribution in [2.45, 2.75) is 0 Å². The van der Waals surface area contributed by atoms with Crippen LogP contribution in [0.5, 0.6) is 0 Å². The van der Waals surface area contributed by atoms with Gasteiger partial charge in [0.1, 0.15) is 17.2 Å². The van der Waals surface area contributed by atoms with Crippen molar-refractivity contribution < 1.29 is 4.79 Å². The minimum absolute atomic E-state index is 0.202. The number of carbonyl (C=O) groups is 1. The fraction of sp³-hybridized carbons (Fsp3) is 0. The number of benzene rings is 1. The highest BCUT2D eigenvalue weighted by atomic mass is 32.1. The van der Waals surface area contributed by atoms with E-state index in [1.54, 1.807) is 59.2 Å². The summed E-state index contributed by atoms with van der Waals surface area (Å²) in [4.78, 5) is 24.9. The molecule has 1 N–H and O–H groups in total. The molecule has 0 fully saturated rings. The molecule has 0 aliphatic heterocycles. The van der Waals surface area contributed by atoms with Gasteiger partial charge in [-0.25, -0.2) is 15.0 Å². The van der Waals surface area contributed by atoms with Crippen LogP contribution in [0.2, 0.25) is 0 Å². The van der Waals surface area contributed by atoms with Crippen molar-refractivity contribution in [1.82, 2.24) is 19.5 Å². The minimum Gasteiger partial charge on any atom is -0.322 e. The summed E-state index contributed by atoms with van der Waals surface area (Å²) in [7, 11) is 0. The fourth-order valence-electron chi connectivity index (χ4n) is 2.33. The molecule has 0 spiro atoms. The average molecular weight is 347 g/mol. The predicted octanol–water partition coefficient (Wildman–Crippen LogP) is 3.64. The number of carbonyl (C=O) groups excluding carboxylic acids is 1. The molecule has 6 nitrogen and oxygen atoms in total. The van der Waals surface area contributed by atoms with E-state index in [1.165, 1.54) is 0 Å². The second-order valence-electron chi connectivity index (χ2n) is 5.24. The van der Waals surface area contributed by atoms with E-state index in [9.17, 15) is 4.79 Å². The van der Waals surface area contributed by atoms with Gasteiger partial charge in [-0.3, -0.25) is 9.36 Å². The van der Waals surface area contributed by atoms with Crippen molar-refractivity contribution in [3.63, 3.8) is 0 Å². The minimum atomic E-state index is -0.202. The number of hydrogen-bond donors (Lipinski definition) is 1. The lowest BCUT2D eigenvalue weighted by Gasteiger charge is -2.07. The van der Waals surface area contributed by atoms with Gasteiger partial charge in [0.05, 0.1) is 5.56 Å². The van der Waals surface area contributed by atoms with E-state index < -0.39 is 0 Å². The number of imidazole rings is 1. The molecular weight excluding hydrogens is 334 g/mol. The van der Waals surface area contributed by atoms with E-state index in [4.69, 9.17) is 0 Å².